The van der Waals surface area contributed by atoms with E-state index in [4.69, 9.17) is 5.11 Å². The quantitative estimate of drug-likeness (QED) is 0.887. The van der Waals surface area contributed by atoms with E-state index in [1.807, 2.05) is 33.9 Å². The Balaban J connectivity index is 2.20. The topological polar surface area (TPSA) is 67.2 Å². The molecule has 0 aromatic carbocycles. The zero-order valence-corrected chi connectivity index (χ0v) is 13.1. The van der Waals surface area contributed by atoms with Crippen molar-refractivity contribution in [3.63, 3.8) is 0 Å². The second-order valence-electron chi connectivity index (χ2n) is 5.37. The van der Waals surface area contributed by atoms with E-state index in [1.54, 1.807) is 4.68 Å². The predicted octanol–water partition coefficient (Wildman–Crippen LogP) is 2.08. The molecule has 0 saturated heterocycles. The lowest BCUT2D eigenvalue weighted by Crippen LogP contribution is -2.38. The van der Waals surface area contributed by atoms with Gasteiger partial charge in [0, 0.05) is 25.1 Å². The van der Waals surface area contributed by atoms with Crippen molar-refractivity contribution in [1.29, 1.82) is 0 Å². The summed E-state index contributed by atoms with van der Waals surface area (Å²) < 4.78 is 1.81. The highest BCUT2D eigenvalue weighted by atomic mass is 32.1. The van der Waals surface area contributed by atoms with Crippen molar-refractivity contribution in [3.05, 3.63) is 16.6 Å². The van der Waals surface area contributed by atoms with Gasteiger partial charge in [0.05, 0.1) is 10.6 Å². The standard InChI is InChI=1S/C14H21N3O2S/c1-8(2)11(5-6-18)15-13(19)12-7-10-9(3)16-17(4)14(10)20-12/h7-8,11,18H,5-6H2,1-4H3,(H,15,19). The van der Waals surface area contributed by atoms with Gasteiger partial charge >= 0.3 is 0 Å². The van der Waals surface area contributed by atoms with Gasteiger partial charge in [-0.3, -0.25) is 9.48 Å². The van der Waals surface area contributed by atoms with Gasteiger partial charge in [-0.1, -0.05) is 13.8 Å². The van der Waals surface area contributed by atoms with Crippen LogP contribution in [0.5, 0.6) is 0 Å². The van der Waals surface area contributed by atoms with Gasteiger partial charge in [-0.15, -0.1) is 11.3 Å². The molecule has 0 fully saturated rings. The van der Waals surface area contributed by atoms with E-state index in [2.05, 4.69) is 10.4 Å². The van der Waals surface area contributed by atoms with Crippen LogP contribution in [0.1, 0.15) is 35.6 Å². The number of carbonyl (C=O) groups is 1. The normalized spacial score (nSPS) is 13.1. The monoisotopic (exact) mass is 295 g/mol. The minimum Gasteiger partial charge on any atom is -0.396 e. The number of rotatable bonds is 5. The molecule has 2 N–H and O–H groups in total. The predicted molar refractivity (Wildman–Crippen MR) is 81.1 cm³/mol. The first-order valence-electron chi connectivity index (χ1n) is 6.79. The second kappa shape index (κ2) is 5.93. The molecule has 20 heavy (non-hydrogen) atoms. The summed E-state index contributed by atoms with van der Waals surface area (Å²) in [5.41, 5.74) is 0.938. The summed E-state index contributed by atoms with van der Waals surface area (Å²) in [7, 11) is 1.89. The van der Waals surface area contributed by atoms with Crippen LogP contribution in [0.15, 0.2) is 6.07 Å². The lowest BCUT2D eigenvalue weighted by molar-refractivity contribution is 0.0921. The zero-order chi connectivity index (χ0) is 14.9. The van der Waals surface area contributed by atoms with Crippen molar-refractivity contribution in [2.45, 2.75) is 33.2 Å². The molecule has 6 heteroatoms. The van der Waals surface area contributed by atoms with E-state index >= 15 is 0 Å². The number of hydrogen-bond acceptors (Lipinski definition) is 4. The summed E-state index contributed by atoms with van der Waals surface area (Å²) in [6, 6.07) is 1.89. The van der Waals surface area contributed by atoms with Crippen molar-refractivity contribution < 1.29 is 9.90 Å². The molecule has 2 aromatic rings. The molecule has 5 nitrogen and oxygen atoms in total. The number of fused-ring (bicyclic) bond motifs is 1. The number of aryl methyl sites for hydroxylation is 2. The van der Waals surface area contributed by atoms with Gasteiger partial charge in [-0.25, -0.2) is 0 Å². The molecule has 0 saturated carbocycles. The molecular formula is C14H21N3O2S. The molecule has 1 unspecified atom stereocenters. The fourth-order valence-corrected chi connectivity index (χ4v) is 3.29. The van der Waals surface area contributed by atoms with E-state index in [-0.39, 0.29) is 18.6 Å². The summed E-state index contributed by atoms with van der Waals surface area (Å²) in [6.45, 7) is 6.11. The van der Waals surface area contributed by atoms with Crippen molar-refractivity contribution in [2.75, 3.05) is 6.61 Å². The molecular weight excluding hydrogens is 274 g/mol. The van der Waals surface area contributed by atoms with Gasteiger partial charge < -0.3 is 10.4 Å². The maximum absolute atomic E-state index is 12.3. The lowest BCUT2D eigenvalue weighted by atomic mass is 10.0. The number of aliphatic hydroxyl groups excluding tert-OH is 1. The summed E-state index contributed by atoms with van der Waals surface area (Å²) in [4.78, 5) is 14.0. The zero-order valence-electron chi connectivity index (χ0n) is 12.3. The number of thiophene rings is 1. The van der Waals surface area contributed by atoms with Crippen LogP contribution in [0.2, 0.25) is 0 Å². The molecule has 0 bridgehead atoms. The Labute approximate surface area is 122 Å². The molecule has 2 rings (SSSR count). The van der Waals surface area contributed by atoms with Gasteiger partial charge in [0.15, 0.2) is 0 Å². The van der Waals surface area contributed by atoms with Gasteiger partial charge in [-0.05, 0) is 25.3 Å². The van der Waals surface area contributed by atoms with Crippen molar-refractivity contribution in [3.8, 4) is 0 Å². The van der Waals surface area contributed by atoms with Gasteiger partial charge in [-0.2, -0.15) is 5.10 Å². The lowest BCUT2D eigenvalue weighted by Gasteiger charge is -2.21. The number of hydrogen-bond donors (Lipinski definition) is 2. The van der Waals surface area contributed by atoms with Crippen LogP contribution >= 0.6 is 11.3 Å². The minimum absolute atomic E-state index is 0.00284. The first kappa shape index (κ1) is 15.0. The Morgan fingerprint density at radius 1 is 1.55 bits per heavy atom. The SMILES string of the molecule is Cc1nn(C)c2sc(C(=O)NC(CCO)C(C)C)cc12. The van der Waals surface area contributed by atoms with Crippen LogP contribution in [-0.4, -0.2) is 33.4 Å². The number of aromatic nitrogens is 2. The molecule has 1 amide bonds. The first-order valence-corrected chi connectivity index (χ1v) is 7.60. The Kier molecular flexibility index (Phi) is 4.45. The average Bonchev–Trinajstić information content (AvgIpc) is 2.91. The Bertz CT molecular complexity index is 581. The number of nitrogens with one attached hydrogen (secondary N) is 1. The molecule has 0 spiro atoms. The summed E-state index contributed by atoms with van der Waals surface area (Å²) >= 11 is 1.45. The molecule has 0 aliphatic heterocycles. The summed E-state index contributed by atoms with van der Waals surface area (Å²) in [6.07, 6.45) is 0.578. The molecule has 0 aliphatic carbocycles. The molecule has 2 heterocycles. The van der Waals surface area contributed by atoms with E-state index in [1.165, 1.54) is 11.3 Å². The summed E-state index contributed by atoms with van der Waals surface area (Å²) in [5, 5.41) is 17.4. The van der Waals surface area contributed by atoms with E-state index < -0.39 is 0 Å². The van der Waals surface area contributed by atoms with Crippen LogP contribution in [0.4, 0.5) is 0 Å². The number of carbonyl (C=O) groups excluding carboxylic acids is 1. The van der Waals surface area contributed by atoms with Crippen LogP contribution in [0.3, 0.4) is 0 Å². The third-order valence-corrected chi connectivity index (χ3v) is 4.68. The number of amides is 1. The second-order valence-corrected chi connectivity index (χ2v) is 6.41. The highest BCUT2D eigenvalue weighted by Gasteiger charge is 2.19. The fraction of sp³-hybridized carbons (Fsp3) is 0.571. The smallest absolute Gasteiger partial charge is 0.261 e. The third-order valence-electron chi connectivity index (χ3n) is 3.48. The highest BCUT2D eigenvalue weighted by molar-refractivity contribution is 7.20. The Morgan fingerprint density at radius 3 is 2.80 bits per heavy atom. The maximum atomic E-state index is 12.3. The van der Waals surface area contributed by atoms with Crippen LogP contribution in [0, 0.1) is 12.8 Å². The molecule has 0 radical (unpaired) electrons. The summed E-state index contributed by atoms with van der Waals surface area (Å²) in [5.74, 6) is 0.224. The fourth-order valence-electron chi connectivity index (χ4n) is 2.27. The number of nitrogens with zero attached hydrogens (tertiary/aromatic N) is 2. The highest BCUT2D eigenvalue weighted by Crippen LogP contribution is 2.27. The molecule has 0 aliphatic rings. The minimum atomic E-state index is -0.0715. The van der Waals surface area contributed by atoms with Crippen molar-refractivity contribution in [1.82, 2.24) is 15.1 Å². The van der Waals surface area contributed by atoms with E-state index in [0.717, 1.165) is 15.9 Å². The largest absolute Gasteiger partial charge is 0.396 e. The van der Waals surface area contributed by atoms with E-state index in [0.29, 0.717) is 17.2 Å². The average molecular weight is 295 g/mol. The van der Waals surface area contributed by atoms with E-state index in [9.17, 15) is 4.79 Å². The number of aliphatic hydroxyl groups is 1. The third kappa shape index (κ3) is 2.86. The molecule has 2 aromatic heterocycles. The molecule has 110 valence electrons. The Hall–Kier alpha value is -1.40. The van der Waals surface area contributed by atoms with Gasteiger partial charge in [0.25, 0.3) is 5.91 Å². The van der Waals surface area contributed by atoms with Crippen LogP contribution < -0.4 is 5.32 Å². The van der Waals surface area contributed by atoms with Gasteiger partial charge in [0.1, 0.15) is 4.83 Å². The Morgan fingerprint density at radius 2 is 2.25 bits per heavy atom. The van der Waals surface area contributed by atoms with Crippen LogP contribution in [-0.2, 0) is 7.05 Å². The van der Waals surface area contributed by atoms with Crippen molar-refractivity contribution >= 4 is 27.5 Å². The first-order chi connectivity index (χ1) is 9.43. The van der Waals surface area contributed by atoms with Crippen molar-refractivity contribution in [2.24, 2.45) is 13.0 Å². The molecule has 1 atom stereocenters. The maximum Gasteiger partial charge on any atom is 0.261 e. The van der Waals surface area contributed by atoms with Crippen LogP contribution in [0.25, 0.3) is 10.2 Å². The van der Waals surface area contributed by atoms with Gasteiger partial charge in [0.2, 0.25) is 0 Å².